The van der Waals surface area contributed by atoms with Crippen molar-refractivity contribution in [3.05, 3.63) is 48.0 Å². The van der Waals surface area contributed by atoms with E-state index in [1.165, 1.54) is 28.4 Å². The summed E-state index contributed by atoms with van der Waals surface area (Å²) in [6.45, 7) is 3.93. The number of carbonyl (C=O) groups excluding carboxylic acids is 1. The molecule has 6 heteroatoms. The number of ether oxygens (including phenoxy) is 5. The summed E-state index contributed by atoms with van der Waals surface area (Å²) in [5.41, 5.74) is 1.23. The van der Waals surface area contributed by atoms with Crippen molar-refractivity contribution in [1.82, 2.24) is 0 Å². The Morgan fingerprint density at radius 1 is 0.692 bits per heavy atom. The molecule has 138 valence electrons. The van der Waals surface area contributed by atoms with Crippen LogP contribution in [-0.2, 0) is 0 Å². The number of hydrogen-bond acceptors (Lipinski definition) is 6. The molecule has 0 saturated heterocycles. The van der Waals surface area contributed by atoms with Crippen molar-refractivity contribution in [3.8, 4) is 28.7 Å². The fraction of sp³-hybridized carbons (Fsp3) is 0.250. The maximum atomic E-state index is 13.0. The van der Waals surface area contributed by atoms with Gasteiger partial charge in [0.25, 0.3) is 0 Å². The van der Waals surface area contributed by atoms with E-state index in [2.05, 4.69) is 6.58 Å². The van der Waals surface area contributed by atoms with Crippen molar-refractivity contribution in [2.75, 3.05) is 35.5 Å². The van der Waals surface area contributed by atoms with E-state index in [0.717, 1.165) is 0 Å². The van der Waals surface area contributed by atoms with E-state index >= 15 is 0 Å². The summed E-state index contributed by atoms with van der Waals surface area (Å²) in [5, 5.41) is 0. The van der Waals surface area contributed by atoms with Crippen LogP contribution in [0.3, 0.4) is 0 Å². The van der Waals surface area contributed by atoms with Gasteiger partial charge >= 0.3 is 0 Å². The average molecular weight is 358 g/mol. The molecule has 0 aromatic heterocycles. The smallest absolute Gasteiger partial charge is 0.196 e. The molecule has 0 fully saturated rings. The molecule has 0 unspecified atom stereocenters. The van der Waals surface area contributed by atoms with E-state index in [1.54, 1.807) is 37.4 Å². The second kappa shape index (κ2) is 8.29. The quantitative estimate of drug-likeness (QED) is 0.530. The number of benzene rings is 2. The average Bonchev–Trinajstić information content (AvgIpc) is 2.70. The summed E-state index contributed by atoms with van der Waals surface area (Å²) in [5.74, 6) is 2.05. The third kappa shape index (κ3) is 3.59. The predicted octanol–water partition coefficient (Wildman–Crippen LogP) is 3.63. The second-order valence-corrected chi connectivity index (χ2v) is 5.28. The zero-order valence-corrected chi connectivity index (χ0v) is 15.5. The molecule has 0 aliphatic heterocycles. The molecule has 2 rings (SSSR count). The third-order valence-corrected chi connectivity index (χ3v) is 3.96. The van der Waals surface area contributed by atoms with Crippen LogP contribution in [-0.4, -0.2) is 41.3 Å². The Labute approximate surface area is 152 Å². The molecule has 2 aromatic rings. The van der Waals surface area contributed by atoms with E-state index in [-0.39, 0.29) is 11.4 Å². The van der Waals surface area contributed by atoms with Crippen LogP contribution in [0.5, 0.6) is 28.7 Å². The Hall–Kier alpha value is -3.15. The molecule has 0 aliphatic carbocycles. The molecule has 6 nitrogen and oxygen atoms in total. The highest BCUT2D eigenvalue weighted by Gasteiger charge is 2.21. The third-order valence-electron chi connectivity index (χ3n) is 3.96. The minimum Gasteiger partial charge on any atom is -0.496 e. The van der Waals surface area contributed by atoms with Crippen molar-refractivity contribution < 1.29 is 28.5 Å². The Morgan fingerprint density at radius 3 is 1.73 bits per heavy atom. The maximum Gasteiger partial charge on any atom is 0.196 e. The van der Waals surface area contributed by atoms with Gasteiger partial charge in [0.15, 0.2) is 28.8 Å². The molecule has 0 aliphatic rings. The second-order valence-electron chi connectivity index (χ2n) is 5.28. The van der Waals surface area contributed by atoms with E-state index in [9.17, 15) is 4.79 Å². The molecular weight excluding hydrogens is 336 g/mol. The minimum atomic E-state index is -0.296. The van der Waals surface area contributed by atoms with Gasteiger partial charge in [-0.05, 0) is 23.8 Å². The Bertz CT molecular complexity index is 825. The summed E-state index contributed by atoms with van der Waals surface area (Å²) < 4.78 is 26.4. The van der Waals surface area contributed by atoms with Crippen molar-refractivity contribution >= 4 is 11.4 Å². The highest BCUT2D eigenvalue weighted by Crippen LogP contribution is 2.37. The fourth-order valence-electron chi connectivity index (χ4n) is 2.52. The fourth-order valence-corrected chi connectivity index (χ4v) is 2.52. The molecule has 0 radical (unpaired) electrons. The summed E-state index contributed by atoms with van der Waals surface area (Å²) in [6, 6.07) is 8.35. The van der Waals surface area contributed by atoms with Gasteiger partial charge in [0.2, 0.25) is 0 Å². The first kappa shape index (κ1) is 19.2. The first-order valence-electron chi connectivity index (χ1n) is 7.76. The monoisotopic (exact) mass is 358 g/mol. The molecule has 2 aromatic carbocycles. The predicted molar refractivity (Wildman–Crippen MR) is 99.0 cm³/mol. The first-order chi connectivity index (χ1) is 12.5. The molecule has 0 bridgehead atoms. The van der Waals surface area contributed by atoms with Crippen LogP contribution in [0.4, 0.5) is 0 Å². The van der Waals surface area contributed by atoms with E-state index in [4.69, 9.17) is 23.7 Å². The van der Waals surface area contributed by atoms with Crippen LogP contribution in [0.1, 0.15) is 15.9 Å². The molecule has 0 atom stereocenters. The Balaban J connectivity index is 2.47. The van der Waals surface area contributed by atoms with Crippen LogP contribution in [0, 0.1) is 0 Å². The van der Waals surface area contributed by atoms with Gasteiger partial charge < -0.3 is 23.7 Å². The molecule has 0 spiro atoms. The Morgan fingerprint density at radius 2 is 1.19 bits per heavy atom. The molecule has 0 amide bonds. The number of hydrogen-bond donors (Lipinski definition) is 0. The molecule has 26 heavy (non-hydrogen) atoms. The van der Waals surface area contributed by atoms with E-state index in [1.807, 2.05) is 0 Å². The molecule has 0 heterocycles. The lowest BCUT2D eigenvalue weighted by atomic mass is 9.97. The number of allylic oxidation sites excluding steroid dienone is 1. The SMILES string of the molecule is C=C(C(=O)c1cc(OC)c(OC)cc1OC)c1ccc(OC)c(OC)c1. The van der Waals surface area contributed by atoms with Crippen LogP contribution < -0.4 is 23.7 Å². The zero-order chi connectivity index (χ0) is 19.3. The maximum absolute atomic E-state index is 13.0. The number of Topliss-reactive ketones (excluding diaryl/α,β-unsaturated/α-hetero) is 1. The highest BCUT2D eigenvalue weighted by molar-refractivity contribution is 6.29. The summed E-state index contributed by atoms with van der Waals surface area (Å²) in [4.78, 5) is 13.0. The number of ketones is 1. The van der Waals surface area contributed by atoms with Crippen LogP contribution >= 0.6 is 0 Å². The normalized spacial score (nSPS) is 10.0. The number of carbonyl (C=O) groups is 1. The number of rotatable bonds is 8. The van der Waals surface area contributed by atoms with Gasteiger partial charge in [0, 0.05) is 11.6 Å². The largest absolute Gasteiger partial charge is 0.496 e. The number of methoxy groups -OCH3 is 5. The highest BCUT2D eigenvalue weighted by atomic mass is 16.5. The van der Waals surface area contributed by atoms with Crippen LogP contribution in [0.15, 0.2) is 36.9 Å². The van der Waals surface area contributed by atoms with Crippen molar-refractivity contribution in [2.24, 2.45) is 0 Å². The van der Waals surface area contributed by atoms with Gasteiger partial charge in [-0.15, -0.1) is 0 Å². The summed E-state index contributed by atoms with van der Waals surface area (Å²) in [7, 11) is 7.58. The molecular formula is C20H22O6. The lowest BCUT2D eigenvalue weighted by molar-refractivity contribution is 0.105. The van der Waals surface area contributed by atoms with Gasteiger partial charge in [-0.3, -0.25) is 4.79 Å². The van der Waals surface area contributed by atoms with Gasteiger partial charge in [-0.2, -0.15) is 0 Å². The van der Waals surface area contributed by atoms with Crippen molar-refractivity contribution in [2.45, 2.75) is 0 Å². The van der Waals surface area contributed by atoms with Gasteiger partial charge in [-0.1, -0.05) is 12.6 Å². The van der Waals surface area contributed by atoms with Crippen LogP contribution in [0.2, 0.25) is 0 Å². The topological polar surface area (TPSA) is 63.2 Å². The molecule has 0 saturated carbocycles. The van der Waals surface area contributed by atoms with Crippen molar-refractivity contribution in [3.63, 3.8) is 0 Å². The van der Waals surface area contributed by atoms with Gasteiger partial charge in [0.1, 0.15) is 5.75 Å². The summed E-state index contributed by atoms with van der Waals surface area (Å²) in [6.07, 6.45) is 0. The standard InChI is InChI=1S/C20H22O6/c1-12(13-7-8-15(22-2)17(9-13)24-4)20(21)14-10-18(25-5)19(26-6)11-16(14)23-3/h7-11H,1H2,2-6H3. The lowest BCUT2D eigenvalue weighted by Crippen LogP contribution is -2.06. The minimum absolute atomic E-state index is 0.288. The zero-order valence-electron chi connectivity index (χ0n) is 15.5. The van der Waals surface area contributed by atoms with Gasteiger partial charge in [-0.25, -0.2) is 0 Å². The summed E-state index contributed by atoms with van der Waals surface area (Å²) >= 11 is 0. The van der Waals surface area contributed by atoms with E-state index in [0.29, 0.717) is 39.9 Å². The first-order valence-corrected chi connectivity index (χ1v) is 7.76. The van der Waals surface area contributed by atoms with Gasteiger partial charge in [0.05, 0.1) is 41.1 Å². The van der Waals surface area contributed by atoms with Crippen molar-refractivity contribution in [1.29, 1.82) is 0 Å². The Kier molecular flexibility index (Phi) is 6.11. The van der Waals surface area contributed by atoms with E-state index < -0.39 is 0 Å². The van der Waals surface area contributed by atoms with Crippen LogP contribution in [0.25, 0.3) is 5.57 Å². The lowest BCUT2D eigenvalue weighted by Gasteiger charge is -2.15. The molecule has 0 N–H and O–H groups in total.